The summed E-state index contributed by atoms with van der Waals surface area (Å²) < 4.78 is 9.11. The summed E-state index contributed by atoms with van der Waals surface area (Å²) in [6, 6.07) is 89.5. The predicted octanol–water partition coefficient (Wildman–Crippen LogP) is 17.3. The predicted molar refractivity (Wildman–Crippen MR) is 282 cm³/mol. The van der Waals surface area contributed by atoms with E-state index in [0.717, 1.165) is 55.8 Å². The number of rotatable bonds is 5. The van der Waals surface area contributed by atoms with Gasteiger partial charge in [0.2, 0.25) is 0 Å². The highest BCUT2D eigenvalue weighted by Crippen LogP contribution is 2.63. The van der Waals surface area contributed by atoms with E-state index in [-0.39, 0.29) is 0 Å². The Morgan fingerprint density at radius 2 is 0.868 bits per heavy atom. The molecule has 2 aliphatic rings. The van der Waals surface area contributed by atoms with Gasteiger partial charge in [-0.2, -0.15) is 0 Å². The van der Waals surface area contributed by atoms with E-state index < -0.39 is 5.41 Å². The van der Waals surface area contributed by atoms with Crippen molar-refractivity contribution in [3.63, 3.8) is 0 Å². The van der Waals surface area contributed by atoms with Gasteiger partial charge in [-0.05, 0) is 128 Å². The lowest BCUT2D eigenvalue weighted by molar-refractivity contribution is 0.669. The highest BCUT2D eigenvalue weighted by Gasteiger charge is 2.51. The zero-order chi connectivity index (χ0) is 44.5. The molecule has 0 unspecified atom stereocenters. The van der Waals surface area contributed by atoms with Gasteiger partial charge < -0.3 is 13.9 Å². The van der Waals surface area contributed by atoms with Crippen molar-refractivity contribution in [1.82, 2.24) is 4.57 Å². The first-order chi connectivity index (χ1) is 33.7. The molecule has 1 spiro atoms. The van der Waals surface area contributed by atoms with E-state index in [4.69, 9.17) is 4.42 Å². The minimum absolute atomic E-state index is 0.491. The number of benzene rings is 11. The highest BCUT2D eigenvalue weighted by atomic mass is 16.3. The number of hydrogen-bond donors (Lipinski definition) is 0. The fourth-order valence-electron chi connectivity index (χ4n) is 12.3. The van der Waals surface area contributed by atoms with Crippen molar-refractivity contribution in [3.05, 3.63) is 265 Å². The summed E-state index contributed by atoms with van der Waals surface area (Å²) in [5.41, 5.74) is 20.6. The highest BCUT2D eigenvalue weighted by molar-refractivity contribution is 6.17. The van der Waals surface area contributed by atoms with Crippen LogP contribution in [0.1, 0.15) is 22.3 Å². The van der Waals surface area contributed by atoms with Gasteiger partial charge in [-0.15, -0.1) is 0 Å². The lowest BCUT2D eigenvalue weighted by atomic mass is 9.70. The summed E-state index contributed by atoms with van der Waals surface area (Å²) in [6.07, 6.45) is 0. The monoisotopic (exact) mass is 864 g/mol. The topological polar surface area (TPSA) is 21.3 Å². The van der Waals surface area contributed by atoms with E-state index in [0.29, 0.717) is 0 Å². The van der Waals surface area contributed by atoms with E-state index in [1.165, 1.54) is 77.1 Å². The van der Waals surface area contributed by atoms with Crippen molar-refractivity contribution in [2.24, 2.45) is 0 Å². The molecule has 2 heterocycles. The molecule has 15 rings (SSSR count). The number of aromatic nitrogens is 1. The van der Waals surface area contributed by atoms with Gasteiger partial charge in [0, 0.05) is 44.2 Å². The third-order valence-electron chi connectivity index (χ3n) is 15.0. The van der Waals surface area contributed by atoms with Gasteiger partial charge in [0.25, 0.3) is 0 Å². The van der Waals surface area contributed by atoms with E-state index in [9.17, 15) is 0 Å². The standard InChI is InChI=1S/C65H40N2O/c1-2-18-42-38-63-54(37-41(42)17-1)64-53(27-16-34-62(64)68-63)52-26-8-12-31-59(52)66(43-19-15-20-44(39-43)67-60-32-13-6-24-50(60)51-25-7-14-33-61(51)67)45-35-36-49-48-23-5-11-30-57(48)65(58(49)40-45)55-28-9-3-21-46(55)47-22-4-10-29-56(47)65/h1-40H. The minimum Gasteiger partial charge on any atom is -0.456 e. The van der Waals surface area contributed by atoms with Crippen molar-refractivity contribution in [1.29, 1.82) is 0 Å². The van der Waals surface area contributed by atoms with Gasteiger partial charge in [0.1, 0.15) is 11.2 Å². The molecule has 0 fully saturated rings. The summed E-state index contributed by atoms with van der Waals surface area (Å²) in [5.74, 6) is 0. The molecule has 0 saturated heterocycles. The number of nitrogens with zero attached hydrogens (tertiary/aromatic N) is 2. The third-order valence-corrected chi connectivity index (χ3v) is 15.0. The van der Waals surface area contributed by atoms with Crippen LogP contribution in [0.4, 0.5) is 17.1 Å². The Hall–Kier alpha value is -8.92. The lowest BCUT2D eigenvalue weighted by Gasteiger charge is -2.33. The average Bonchev–Trinajstić information content (AvgIpc) is 4.12. The number of para-hydroxylation sites is 3. The maximum Gasteiger partial charge on any atom is 0.136 e. The second-order valence-electron chi connectivity index (χ2n) is 18.3. The molecule has 11 aromatic carbocycles. The molecule has 316 valence electrons. The summed E-state index contributed by atoms with van der Waals surface area (Å²) in [7, 11) is 0. The first-order valence-corrected chi connectivity index (χ1v) is 23.5. The van der Waals surface area contributed by atoms with E-state index >= 15 is 0 Å². The van der Waals surface area contributed by atoms with Crippen LogP contribution in [0.25, 0.3) is 93.6 Å². The Labute approximate surface area is 393 Å². The van der Waals surface area contributed by atoms with E-state index in [1.807, 2.05) is 0 Å². The first kappa shape index (κ1) is 37.3. The fourth-order valence-corrected chi connectivity index (χ4v) is 12.3. The molecule has 68 heavy (non-hydrogen) atoms. The molecule has 0 N–H and O–H groups in total. The molecule has 2 aliphatic carbocycles. The van der Waals surface area contributed by atoms with Crippen LogP contribution in [0, 0.1) is 0 Å². The minimum atomic E-state index is -0.491. The Kier molecular flexibility index (Phi) is 7.71. The Balaban J connectivity index is 1.02. The summed E-state index contributed by atoms with van der Waals surface area (Å²) in [6.45, 7) is 0. The molecular weight excluding hydrogens is 825 g/mol. The van der Waals surface area contributed by atoms with Gasteiger partial charge >= 0.3 is 0 Å². The molecule has 2 aromatic heterocycles. The number of anilines is 3. The Morgan fingerprint density at radius 1 is 0.338 bits per heavy atom. The smallest absolute Gasteiger partial charge is 0.136 e. The molecule has 3 heteroatoms. The fraction of sp³-hybridized carbons (Fsp3) is 0.0154. The van der Waals surface area contributed by atoms with Gasteiger partial charge in [0.05, 0.1) is 22.1 Å². The van der Waals surface area contributed by atoms with Gasteiger partial charge in [-0.25, -0.2) is 0 Å². The second kappa shape index (κ2) is 14.0. The number of furan rings is 1. The molecule has 0 radical (unpaired) electrons. The van der Waals surface area contributed by atoms with E-state index in [2.05, 4.69) is 252 Å². The SMILES string of the molecule is c1cc(N(c2ccc3c(c2)C2(c4ccccc4-c4ccccc42)c2ccccc2-3)c2ccccc2-c2cccc3oc4cc5ccccc5cc4c23)cc(-n2c3ccccc3c3ccccc32)c1. The molecule has 0 atom stereocenters. The van der Waals surface area contributed by atoms with Gasteiger partial charge in [-0.3, -0.25) is 0 Å². The van der Waals surface area contributed by atoms with Crippen molar-refractivity contribution < 1.29 is 4.42 Å². The van der Waals surface area contributed by atoms with Crippen LogP contribution in [-0.4, -0.2) is 4.57 Å². The molecule has 0 bridgehead atoms. The normalized spacial score (nSPS) is 13.1. The molecule has 0 saturated carbocycles. The zero-order valence-electron chi connectivity index (χ0n) is 36.9. The van der Waals surface area contributed by atoms with Crippen molar-refractivity contribution in [2.75, 3.05) is 4.90 Å². The molecular formula is C65H40N2O. The van der Waals surface area contributed by atoms with Gasteiger partial charge in [0.15, 0.2) is 0 Å². The van der Waals surface area contributed by atoms with Crippen molar-refractivity contribution in [2.45, 2.75) is 5.41 Å². The van der Waals surface area contributed by atoms with Crippen LogP contribution in [0.5, 0.6) is 0 Å². The summed E-state index contributed by atoms with van der Waals surface area (Å²) in [4.78, 5) is 2.49. The van der Waals surface area contributed by atoms with Crippen LogP contribution in [0.15, 0.2) is 247 Å². The maximum atomic E-state index is 6.70. The molecule has 3 nitrogen and oxygen atoms in total. The molecule has 13 aromatic rings. The summed E-state index contributed by atoms with van der Waals surface area (Å²) in [5, 5.41) is 7.06. The average molecular weight is 865 g/mol. The second-order valence-corrected chi connectivity index (χ2v) is 18.3. The Morgan fingerprint density at radius 3 is 1.56 bits per heavy atom. The zero-order valence-corrected chi connectivity index (χ0v) is 36.9. The van der Waals surface area contributed by atoms with Gasteiger partial charge in [-0.1, -0.05) is 176 Å². The number of fused-ring (bicyclic) bond motifs is 17. The first-order valence-electron chi connectivity index (χ1n) is 23.5. The van der Waals surface area contributed by atoms with Crippen LogP contribution in [0.2, 0.25) is 0 Å². The van der Waals surface area contributed by atoms with Crippen molar-refractivity contribution >= 4 is 71.6 Å². The van der Waals surface area contributed by atoms with E-state index in [1.54, 1.807) is 0 Å². The third kappa shape index (κ3) is 5.02. The quantitative estimate of drug-likeness (QED) is 0.172. The maximum absolute atomic E-state index is 6.70. The molecule has 0 amide bonds. The van der Waals surface area contributed by atoms with Crippen LogP contribution in [-0.2, 0) is 5.41 Å². The molecule has 0 aliphatic heterocycles. The number of hydrogen-bond acceptors (Lipinski definition) is 2. The summed E-state index contributed by atoms with van der Waals surface area (Å²) >= 11 is 0. The van der Waals surface area contributed by atoms with Crippen LogP contribution < -0.4 is 4.90 Å². The largest absolute Gasteiger partial charge is 0.456 e. The Bertz CT molecular complexity index is 4130. The van der Waals surface area contributed by atoms with Crippen LogP contribution >= 0.6 is 0 Å². The van der Waals surface area contributed by atoms with Crippen molar-refractivity contribution in [3.8, 4) is 39.1 Å². The van der Waals surface area contributed by atoms with Crippen LogP contribution in [0.3, 0.4) is 0 Å². The lowest BCUT2D eigenvalue weighted by Crippen LogP contribution is -2.26.